The zero-order chi connectivity index (χ0) is 11.2. The van der Waals surface area contributed by atoms with E-state index >= 15 is 0 Å². The first-order chi connectivity index (χ1) is 6.39. The number of alkyl halides is 2. The van der Waals surface area contributed by atoms with Crippen LogP contribution in [0.25, 0.3) is 0 Å². The molecule has 0 saturated heterocycles. The van der Waals surface area contributed by atoms with Crippen molar-refractivity contribution in [1.29, 1.82) is 0 Å². The van der Waals surface area contributed by atoms with Crippen molar-refractivity contribution in [3.05, 3.63) is 0 Å². The first kappa shape index (κ1) is 14.5. The summed E-state index contributed by atoms with van der Waals surface area (Å²) in [6, 6.07) is 0. The second-order valence-corrected chi connectivity index (χ2v) is 6.25. The monoisotopic (exact) mass is 261 g/mol. The number of halogens is 2. The topological polar surface area (TPSA) is 46.2 Å². The summed E-state index contributed by atoms with van der Waals surface area (Å²) in [6.07, 6.45) is 1.99. The Hall–Kier alpha value is 0.490. The van der Waals surface area contributed by atoms with Gasteiger partial charge in [-0.05, 0) is 6.42 Å². The summed E-state index contributed by atoms with van der Waals surface area (Å²) in [6.45, 7) is 2.37. The van der Waals surface area contributed by atoms with E-state index in [1.165, 1.54) is 6.26 Å². The summed E-state index contributed by atoms with van der Waals surface area (Å²) in [5, 5.41) is 3.10. The quantitative estimate of drug-likeness (QED) is 0.702. The average molecular weight is 262 g/mol. The summed E-state index contributed by atoms with van der Waals surface area (Å²) in [5.41, 5.74) is -0.339. The highest BCUT2D eigenvalue weighted by Crippen LogP contribution is 2.14. The number of rotatable bonds is 7. The van der Waals surface area contributed by atoms with Crippen LogP contribution in [0.1, 0.15) is 13.3 Å². The van der Waals surface area contributed by atoms with Crippen LogP contribution < -0.4 is 5.32 Å². The highest BCUT2D eigenvalue weighted by molar-refractivity contribution is 7.90. The van der Waals surface area contributed by atoms with Gasteiger partial charge in [0.15, 0.2) is 0 Å². The van der Waals surface area contributed by atoms with Crippen molar-refractivity contribution < 1.29 is 8.42 Å². The Bertz CT molecular complexity index is 242. The summed E-state index contributed by atoms with van der Waals surface area (Å²) in [7, 11) is -2.92. The van der Waals surface area contributed by atoms with Gasteiger partial charge in [0.05, 0.1) is 5.75 Å². The Morgan fingerprint density at radius 1 is 1.29 bits per heavy atom. The van der Waals surface area contributed by atoms with E-state index in [0.29, 0.717) is 18.3 Å². The molecule has 0 amide bonds. The lowest BCUT2D eigenvalue weighted by atomic mass is 10.0. The van der Waals surface area contributed by atoms with Gasteiger partial charge in [-0.1, -0.05) is 6.92 Å². The molecule has 0 fully saturated rings. The Balaban J connectivity index is 4.08. The van der Waals surface area contributed by atoms with Gasteiger partial charge in [0, 0.05) is 30.1 Å². The molecule has 1 N–H and O–H groups in total. The number of sulfone groups is 1. The second kappa shape index (κ2) is 6.16. The van der Waals surface area contributed by atoms with Gasteiger partial charge in [-0.15, -0.1) is 23.2 Å². The zero-order valence-corrected chi connectivity index (χ0v) is 10.8. The van der Waals surface area contributed by atoms with Crippen LogP contribution in [0.15, 0.2) is 0 Å². The molecule has 0 saturated carbocycles. The molecule has 0 unspecified atom stereocenters. The fraction of sp³-hybridized carbons (Fsp3) is 1.00. The van der Waals surface area contributed by atoms with Crippen LogP contribution in [-0.2, 0) is 9.84 Å². The van der Waals surface area contributed by atoms with Crippen LogP contribution in [0.5, 0.6) is 0 Å². The molecule has 0 heterocycles. The number of hydrogen-bond acceptors (Lipinski definition) is 3. The molecule has 6 heteroatoms. The maximum Gasteiger partial charge on any atom is 0.148 e. The molecule has 0 bridgehead atoms. The van der Waals surface area contributed by atoms with E-state index in [1.807, 2.05) is 6.92 Å². The fourth-order valence-electron chi connectivity index (χ4n) is 0.946. The average Bonchev–Trinajstić information content (AvgIpc) is 2.11. The molecule has 3 nitrogen and oxygen atoms in total. The van der Waals surface area contributed by atoms with Gasteiger partial charge in [-0.2, -0.15) is 0 Å². The van der Waals surface area contributed by atoms with Crippen LogP contribution in [0.4, 0.5) is 0 Å². The first-order valence-electron chi connectivity index (χ1n) is 4.44. The largest absolute Gasteiger partial charge is 0.308 e. The maximum atomic E-state index is 10.9. The van der Waals surface area contributed by atoms with Crippen LogP contribution >= 0.6 is 23.2 Å². The molecule has 0 radical (unpaired) electrons. The first-order valence-corrected chi connectivity index (χ1v) is 7.57. The van der Waals surface area contributed by atoms with E-state index in [2.05, 4.69) is 5.32 Å². The summed E-state index contributed by atoms with van der Waals surface area (Å²) in [4.78, 5) is 0. The molecular weight excluding hydrogens is 245 g/mol. The Morgan fingerprint density at radius 2 is 1.79 bits per heavy atom. The lowest BCUT2D eigenvalue weighted by Crippen LogP contribution is -2.49. The fourth-order valence-corrected chi connectivity index (χ4v) is 2.27. The number of hydrogen-bond donors (Lipinski definition) is 1. The zero-order valence-electron chi connectivity index (χ0n) is 8.52. The van der Waals surface area contributed by atoms with Crippen LogP contribution in [0.2, 0.25) is 0 Å². The predicted octanol–water partition coefficient (Wildman–Crippen LogP) is 1.25. The van der Waals surface area contributed by atoms with Gasteiger partial charge in [0.25, 0.3) is 0 Å². The van der Waals surface area contributed by atoms with E-state index in [9.17, 15) is 8.42 Å². The van der Waals surface area contributed by atoms with E-state index in [4.69, 9.17) is 23.2 Å². The van der Waals surface area contributed by atoms with Gasteiger partial charge in [-0.3, -0.25) is 0 Å². The van der Waals surface area contributed by atoms with Crippen molar-refractivity contribution in [3.8, 4) is 0 Å². The third kappa shape index (κ3) is 5.39. The molecule has 0 aromatic rings. The van der Waals surface area contributed by atoms with Crippen molar-refractivity contribution in [2.75, 3.05) is 30.3 Å². The molecule has 0 atom stereocenters. The van der Waals surface area contributed by atoms with Gasteiger partial charge >= 0.3 is 0 Å². The van der Waals surface area contributed by atoms with Crippen LogP contribution in [-0.4, -0.2) is 44.3 Å². The minimum Gasteiger partial charge on any atom is -0.308 e. The van der Waals surface area contributed by atoms with Crippen molar-refractivity contribution in [1.82, 2.24) is 5.32 Å². The SMILES string of the molecule is CCC(CCl)(CCl)NCCS(C)(=O)=O. The molecule has 86 valence electrons. The Kier molecular flexibility index (Phi) is 6.37. The van der Waals surface area contributed by atoms with E-state index in [-0.39, 0.29) is 11.3 Å². The highest BCUT2D eigenvalue weighted by Gasteiger charge is 2.25. The minimum atomic E-state index is -2.92. The molecule has 0 aromatic carbocycles. The molecule has 14 heavy (non-hydrogen) atoms. The summed E-state index contributed by atoms with van der Waals surface area (Å²) >= 11 is 11.6. The normalized spacial score (nSPS) is 13.1. The van der Waals surface area contributed by atoms with Crippen LogP contribution in [0, 0.1) is 0 Å². The minimum absolute atomic E-state index is 0.114. The van der Waals surface area contributed by atoms with Crippen LogP contribution in [0.3, 0.4) is 0 Å². The molecule has 0 aliphatic heterocycles. The van der Waals surface area contributed by atoms with Gasteiger partial charge in [-0.25, -0.2) is 8.42 Å². The predicted molar refractivity (Wildman–Crippen MR) is 62.2 cm³/mol. The lowest BCUT2D eigenvalue weighted by Gasteiger charge is -2.29. The molecule has 0 aliphatic rings. The van der Waals surface area contributed by atoms with E-state index in [1.54, 1.807) is 0 Å². The molecular formula is C8H17Cl2NO2S. The van der Waals surface area contributed by atoms with E-state index < -0.39 is 9.84 Å². The Morgan fingerprint density at radius 3 is 2.07 bits per heavy atom. The summed E-state index contributed by atoms with van der Waals surface area (Å²) in [5.74, 6) is 0.885. The molecule has 0 aliphatic carbocycles. The van der Waals surface area contributed by atoms with Crippen molar-refractivity contribution >= 4 is 33.0 Å². The third-order valence-electron chi connectivity index (χ3n) is 2.16. The molecule has 0 aromatic heterocycles. The van der Waals surface area contributed by atoms with Crippen molar-refractivity contribution in [2.45, 2.75) is 18.9 Å². The standard InChI is InChI=1S/C8H17Cl2NO2S/c1-3-8(6-9,7-10)11-4-5-14(2,12)13/h11H,3-7H2,1-2H3. The highest BCUT2D eigenvalue weighted by atomic mass is 35.5. The third-order valence-corrected chi connectivity index (χ3v) is 4.13. The Labute approximate surface area is 96.1 Å². The van der Waals surface area contributed by atoms with Gasteiger partial charge in [0.2, 0.25) is 0 Å². The van der Waals surface area contributed by atoms with Gasteiger partial charge in [0.1, 0.15) is 9.84 Å². The van der Waals surface area contributed by atoms with Crippen molar-refractivity contribution in [3.63, 3.8) is 0 Å². The summed E-state index contributed by atoms with van der Waals surface area (Å²) < 4.78 is 21.8. The smallest absolute Gasteiger partial charge is 0.148 e. The molecule has 0 spiro atoms. The number of nitrogens with one attached hydrogen (secondary N) is 1. The maximum absolute atomic E-state index is 10.9. The van der Waals surface area contributed by atoms with E-state index in [0.717, 1.165) is 6.42 Å². The van der Waals surface area contributed by atoms with Crippen molar-refractivity contribution in [2.24, 2.45) is 0 Å². The second-order valence-electron chi connectivity index (χ2n) is 3.46. The van der Waals surface area contributed by atoms with Gasteiger partial charge < -0.3 is 5.32 Å². The lowest BCUT2D eigenvalue weighted by molar-refractivity contribution is 0.397. The molecule has 0 rings (SSSR count).